The number of nitrogens with two attached hydrogens (primary N) is 3. The van der Waals surface area contributed by atoms with E-state index in [2.05, 4.69) is 0 Å². The number of hydrogen-bond donors (Lipinski definition) is 4. The summed E-state index contributed by atoms with van der Waals surface area (Å²) in [6.07, 6.45) is 0.0656. The Morgan fingerprint density at radius 3 is 2.77 bits per heavy atom. The molecule has 26 heavy (non-hydrogen) atoms. The van der Waals surface area contributed by atoms with Gasteiger partial charge in [0.25, 0.3) is 11.8 Å². The van der Waals surface area contributed by atoms with Gasteiger partial charge in [-0.2, -0.15) is 23.1 Å². The molecule has 11 heteroatoms. The molecule has 0 bridgehead atoms. The van der Waals surface area contributed by atoms with Crippen LogP contribution in [-0.2, 0) is 9.59 Å². The molecular formula is C15H23N5O4S2. The first-order chi connectivity index (χ1) is 12.4. The Morgan fingerprint density at radius 1 is 1.46 bits per heavy atom. The van der Waals surface area contributed by atoms with E-state index in [1.165, 1.54) is 28.0 Å². The average molecular weight is 402 g/mol. The third-order valence-electron chi connectivity index (χ3n) is 4.08. The molecule has 0 aromatic carbocycles. The lowest BCUT2D eigenvalue weighted by molar-refractivity contribution is -0.175. The predicted molar refractivity (Wildman–Crippen MR) is 99.7 cm³/mol. The Balaban J connectivity index is 2.05. The van der Waals surface area contributed by atoms with Crippen LogP contribution in [0.5, 0.6) is 0 Å². The maximum Gasteiger partial charge on any atom is 0.263 e. The van der Waals surface area contributed by atoms with Gasteiger partial charge in [0, 0.05) is 36.4 Å². The van der Waals surface area contributed by atoms with Crippen molar-refractivity contribution in [3.05, 3.63) is 22.4 Å². The first kappa shape index (κ1) is 20.6. The molecule has 7 N–H and O–H groups in total. The van der Waals surface area contributed by atoms with Crippen LogP contribution in [0, 0.1) is 0 Å². The Bertz CT molecular complexity index is 642. The van der Waals surface area contributed by atoms with E-state index in [0.29, 0.717) is 28.7 Å². The third-order valence-corrected chi connectivity index (χ3v) is 5.89. The van der Waals surface area contributed by atoms with Gasteiger partial charge in [-0.05, 0) is 11.4 Å². The molecule has 0 saturated carbocycles. The normalized spacial score (nSPS) is 20.8. The van der Waals surface area contributed by atoms with Crippen molar-refractivity contribution in [1.82, 2.24) is 9.96 Å². The minimum atomic E-state index is -0.898. The minimum Gasteiger partial charge on any atom is -0.368 e. The monoisotopic (exact) mass is 401 g/mol. The smallest absolute Gasteiger partial charge is 0.263 e. The summed E-state index contributed by atoms with van der Waals surface area (Å²) in [5.41, 5.74) is 17.0. The van der Waals surface area contributed by atoms with Gasteiger partial charge in [-0.1, -0.05) is 0 Å². The van der Waals surface area contributed by atoms with Crippen LogP contribution in [-0.4, -0.2) is 75.6 Å². The van der Waals surface area contributed by atoms with Gasteiger partial charge in [0.1, 0.15) is 6.04 Å². The highest BCUT2D eigenvalue weighted by Gasteiger charge is 2.43. The molecule has 1 fully saturated rings. The van der Waals surface area contributed by atoms with Crippen LogP contribution >= 0.6 is 23.1 Å². The second kappa shape index (κ2) is 9.33. The predicted octanol–water partition coefficient (Wildman–Crippen LogP) is -0.946. The highest BCUT2D eigenvalue weighted by atomic mass is 32.2. The maximum atomic E-state index is 12.6. The largest absolute Gasteiger partial charge is 0.368 e. The summed E-state index contributed by atoms with van der Waals surface area (Å²) in [6, 6.07) is -0.888. The molecule has 0 unspecified atom stereocenters. The SMILES string of the molecule is NCCSC[C@H](N)C(=O)N(O)[C@H]1C[C@@H](C(N)=O)N(C(=O)c2ccsc2)C1. The van der Waals surface area contributed by atoms with Crippen molar-refractivity contribution in [2.24, 2.45) is 17.2 Å². The summed E-state index contributed by atoms with van der Waals surface area (Å²) in [7, 11) is 0. The van der Waals surface area contributed by atoms with E-state index in [-0.39, 0.29) is 18.9 Å². The van der Waals surface area contributed by atoms with Crippen LogP contribution in [0.1, 0.15) is 16.8 Å². The zero-order valence-corrected chi connectivity index (χ0v) is 15.7. The summed E-state index contributed by atoms with van der Waals surface area (Å²) < 4.78 is 0. The lowest BCUT2D eigenvalue weighted by atomic mass is 10.1. The summed E-state index contributed by atoms with van der Waals surface area (Å²) in [5.74, 6) is -0.729. The highest BCUT2D eigenvalue weighted by molar-refractivity contribution is 7.99. The topological polar surface area (TPSA) is 156 Å². The van der Waals surface area contributed by atoms with Gasteiger partial charge in [0.15, 0.2) is 0 Å². The maximum absolute atomic E-state index is 12.6. The number of carbonyl (C=O) groups is 3. The lowest BCUT2D eigenvalue weighted by Gasteiger charge is -2.25. The quantitative estimate of drug-likeness (QED) is 0.249. The van der Waals surface area contributed by atoms with Crippen molar-refractivity contribution in [3.63, 3.8) is 0 Å². The molecule has 1 saturated heterocycles. The van der Waals surface area contributed by atoms with E-state index in [4.69, 9.17) is 17.2 Å². The van der Waals surface area contributed by atoms with Crippen molar-refractivity contribution >= 4 is 40.8 Å². The van der Waals surface area contributed by atoms with Crippen molar-refractivity contribution in [2.75, 3.05) is 24.6 Å². The summed E-state index contributed by atoms with van der Waals surface area (Å²) >= 11 is 2.77. The van der Waals surface area contributed by atoms with Crippen molar-refractivity contribution in [1.29, 1.82) is 0 Å². The number of carbonyl (C=O) groups excluding carboxylic acids is 3. The second-order valence-electron chi connectivity index (χ2n) is 5.93. The Labute approximate surface area is 159 Å². The number of hydroxylamine groups is 2. The Hall–Kier alpha value is -1.66. The van der Waals surface area contributed by atoms with Gasteiger partial charge in [0.2, 0.25) is 5.91 Å². The molecule has 0 aliphatic carbocycles. The molecule has 2 heterocycles. The number of thioether (sulfide) groups is 1. The van der Waals surface area contributed by atoms with Crippen molar-refractivity contribution in [3.8, 4) is 0 Å². The van der Waals surface area contributed by atoms with Crippen LogP contribution in [0.4, 0.5) is 0 Å². The fourth-order valence-electron chi connectivity index (χ4n) is 2.75. The van der Waals surface area contributed by atoms with Gasteiger partial charge < -0.3 is 22.1 Å². The summed E-state index contributed by atoms with van der Waals surface area (Å²) in [6.45, 7) is 0.476. The van der Waals surface area contributed by atoms with Gasteiger partial charge in [-0.3, -0.25) is 19.6 Å². The zero-order chi connectivity index (χ0) is 19.3. The van der Waals surface area contributed by atoms with E-state index in [0.717, 1.165) is 0 Å². The zero-order valence-electron chi connectivity index (χ0n) is 14.1. The van der Waals surface area contributed by atoms with Crippen LogP contribution in [0.2, 0.25) is 0 Å². The third kappa shape index (κ3) is 4.74. The van der Waals surface area contributed by atoms with Crippen LogP contribution in [0.3, 0.4) is 0 Å². The van der Waals surface area contributed by atoms with Gasteiger partial charge in [-0.15, -0.1) is 0 Å². The Morgan fingerprint density at radius 2 is 2.19 bits per heavy atom. The van der Waals surface area contributed by atoms with Gasteiger partial charge in [0.05, 0.1) is 17.6 Å². The number of nitrogens with zero attached hydrogens (tertiary/aromatic N) is 2. The molecule has 1 aliphatic rings. The molecule has 1 aromatic rings. The van der Waals surface area contributed by atoms with Crippen LogP contribution in [0.15, 0.2) is 16.8 Å². The fraction of sp³-hybridized carbons (Fsp3) is 0.533. The number of amides is 3. The summed E-state index contributed by atoms with van der Waals surface area (Å²) in [5, 5.41) is 14.2. The molecule has 1 aromatic heterocycles. The van der Waals surface area contributed by atoms with E-state index in [1.54, 1.807) is 16.8 Å². The van der Waals surface area contributed by atoms with Crippen LogP contribution in [0.25, 0.3) is 0 Å². The molecule has 1 aliphatic heterocycles. The number of primary amides is 1. The van der Waals surface area contributed by atoms with E-state index in [9.17, 15) is 19.6 Å². The lowest BCUT2D eigenvalue weighted by Crippen LogP contribution is -2.49. The first-order valence-corrected chi connectivity index (χ1v) is 10.1. The van der Waals surface area contributed by atoms with E-state index < -0.39 is 29.9 Å². The number of likely N-dealkylation sites (tertiary alicyclic amines) is 1. The molecule has 9 nitrogen and oxygen atoms in total. The molecule has 144 valence electrons. The van der Waals surface area contributed by atoms with Gasteiger partial charge in [-0.25, -0.2) is 5.06 Å². The molecular weight excluding hydrogens is 378 g/mol. The highest BCUT2D eigenvalue weighted by Crippen LogP contribution is 2.24. The number of thiophene rings is 1. The molecule has 0 radical (unpaired) electrons. The van der Waals surface area contributed by atoms with Gasteiger partial charge >= 0.3 is 0 Å². The summed E-state index contributed by atoms with van der Waals surface area (Å²) in [4.78, 5) is 37.9. The van der Waals surface area contributed by atoms with Crippen LogP contribution < -0.4 is 17.2 Å². The average Bonchev–Trinajstić information content (AvgIpc) is 3.29. The van der Waals surface area contributed by atoms with E-state index >= 15 is 0 Å². The van der Waals surface area contributed by atoms with Crippen molar-refractivity contribution < 1.29 is 19.6 Å². The molecule has 2 rings (SSSR count). The van der Waals surface area contributed by atoms with Crippen molar-refractivity contribution in [2.45, 2.75) is 24.5 Å². The first-order valence-electron chi connectivity index (χ1n) is 8.04. The fourth-order valence-corrected chi connectivity index (χ4v) is 4.11. The molecule has 0 spiro atoms. The number of rotatable bonds is 8. The Kier molecular flexibility index (Phi) is 7.41. The standard InChI is InChI=1S/C15H23N5O4S2/c16-2-4-26-8-11(17)15(23)20(24)10-5-12(13(18)21)19(6-10)14(22)9-1-3-25-7-9/h1,3,7,10-12,24H,2,4-6,8,16-17H2,(H2,18,21)/t10-,11-,12-/m0/s1. The molecule has 3 amide bonds. The second-order valence-corrected chi connectivity index (χ2v) is 7.86. The van der Waals surface area contributed by atoms with E-state index in [1.807, 2.05) is 0 Å². The molecule has 3 atom stereocenters. The number of hydrogen-bond acceptors (Lipinski definition) is 8. The minimum absolute atomic E-state index is 0.00713.